The summed E-state index contributed by atoms with van der Waals surface area (Å²) < 4.78 is 1.53. The second kappa shape index (κ2) is 7.40. The Morgan fingerprint density at radius 2 is 1.80 bits per heavy atom. The van der Waals surface area contributed by atoms with Gasteiger partial charge in [0.1, 0.15) is 6.33 Å². The largest absolute Gasteiger partial charge is 0.326 e. The maximum Gasteiger partial charge on any atom is 0.229 e. The summed E-state index contributed by atoms with van der Waals surface area (Å²) >= 11 is 0. The standard InChI is InChI=1S/C22H18N6O2/c29-21-12-16(13-27(21)20-7-3-5-15-4-1-2-6-19(15)20)22(30)24-17-8-10-18(11-9-17)28-14-23-25-26-28/h1-11,14,16H,12-13H2,(H,24,30)/t16-/m0/s1. The average molecular weight is 398 g/mol. The van der Waals surface area contributed by atoms with Crippen LogP contribution in [0, 0.1) is 5.92 Å². The highest BCUT2D eigenvalue weighted by molar-refractivity contribution is 6.08. The Hall–Kier alpha value is -4.07. The number of rotatable bonds is 4. The second-order valence-corrected chi connectivity index (χ2v) is 7.19. The van der Waals surface area contributed by atoms with E-state index in [9.17, 15) is 9.59 Å². The van der Waals surface area contributed by atoms with Crippen LogP contribution in [-0.4, -0.2) is 38.6 Å². The van der Waals surface area contributed by atoms with Crippen LogP contribution in [0.3, 0.4) is 0 Å². The van der Waals surface area contributed by atoms with Crippen LogP contribution in [-0.2, 0) is 9.59 Å². The summed E-state index contributed by atoms with van der Waals surface area (Å²) in [5.41, 5.74) is 2.29. The molecular weight excluding hydrogens is 380 g/mol. The van der Waals surface area contributed by atoms with Crippen LogP contribution in [0.15, 0.2) is 73.1 Å². The van der Waals surface area contributed by atoms with E-state index in [1.807, 2.05) is 54.6 Å². The first-order valence-electron chi connectivity index (χ1n) is 9.61. The Bertz CT molecular complexity index is 1210. The molecule has 1 aromatic heterocycles. The summed E-state index contributed by atoms with van der Waals surface area (Å²) in [6.07, 6.45) is 1.69. The van der Waals surface area contributed by atoms with E-state index >= 15 is 0 Å². The van der Waals surface area contributed by atoms with Gasteiger partial charge in [-0.2, -0.15) is 0 Å². The normalized spacial score (nSPS) is 16.2. The van der Waals surface area contributed by atoms with Gasteiger partial charge in [-0.1, -0.05) is 36.4 Å². The highest BCUT2D eigenvalue weighted by Gasteiger charge is 2.35. The number of amides is 2. The Morgan fingerprint density at radius 3 is 2.60 bits per heavy atom. The van der Waals surface area contributed by atoms with E-state index in [1.54, 1.807) is 17.0 Å². The monoisotopic (exact) mass is 398 g/mol. The summed E-state index contributed by atoms with van der Waals surface area (Å²) in [5, 5.41) is 16.0. The number of hydrogen-bond acceptors (Lipinski definition) is 5. The predicted molar refractivity (Wildman–Crippen MR) is 112 cm³/mol. The molecular formula is C22H18N6O2. The molecule has 1 aliphatic rings. The smallest absolute Gasteiger partial charge is 0.229 e. The van der Waals surface area contributed by atoms with E-state index in [0.29, 0.717) is 12.2 Å². The zero-order chi connectivity index (χ0) is 20.5. The maximum absolute atomic E-state index is 12.8. The van der Waals surface area contributed by atoms with E-state index in [1.165, 1.54) is 11.0 Å². The van der Waals surface area contributed by atoms with Crippen LogP contribution in [0.25, 0.3) is 16.5 Å². The van der Waals surface area contributed by atoms with Crippen molar-refractivity contribution in [2.24, 2.45) is 5.92 Å². The molecule has 0 spiro atoms. The molecule has 1 saturated heterocycles. The van der Waals surface area contributed by atoms with Crippen molar-refractivity contribution in [3.8, 4) is 5.69 Å². The second-order valence-electron chi connectivity index (χ2n) is 7.19. The van der Waals surface area contributed by atoms with Gasteiger partial charge in [0.25, 0.3) is 0 Å². The molecule has 0 bridgehead atoms. The van der Waals surface area contributed by atoms with E-state index in [0.717, 1.165) is 22.1 Å². The fourth-order valence-electron chi connectivity index (χ4n) is 3.78. The lowest BCUT2D eigenvalue weighted by atomic mass is 10.1. The van der Waals surface area contributed by atoms with Crippen molar-refractivity contribution in [3.63, 3.8) is 0 Å². The average Bonchev–Trinajstić information content (AvgIpc) is 3.44. The number of benzene rings is 3. The summed E-state index contributed by atoms with van der Waals surface area (Å²) in [4.78, 5) is 27.2. The number of aromatic nitrogens is 4. The van der Waals surface area contributed by atoms with Gasteiger partial charge in [-0.05, 0) is 46.1 Å². The zero-order valence-corrected chi connectivity index (χ0v) is 16.0. The van der Waals surface area contributed by atoms with Gasteiger partial charge in [0.15, 0.2) is 0 Å². The lowest BCUT2D eigenvalue weighted by molar-refractivity contribution is -0.122. The van der Waals surface area contributed by atoms with Gasteiger partial charge < -0.3 is 10.2 Å². The van der Waals surface area contributed by atoms with Crippen molar-refractivity contribution in [3.05, 3.63) is 73.1 Å². The van der Waals surface area contributed by atoms with Gasteiger partial charge in [0.2, 0.25) is 11.8 Å². The van der Waals surface area contributed by atoms with Gasteiger partial charge in [-0.3, -0.25) is 9.59 Å². The molecule has 2 amide bonds. The predicted octanol–water partition coefficient (Wildman–Crippen LogP) is 2.81. The number of tetrazole rings is 1. The van der Waals surface area contributed by atoms with Crippen LogP contribution < -0.4 is 10.2 Å². The van der Waals surface area contributed by atoms with Crippen LogP contribution in [0.1, 0.15) is 6.42 Å². The number of carbonyl (C=O) groups excluding carboxylic acids is 2. The number of carbonyl (C=O) groups is 2. The molecule has 0 radical (unpaired) electrons. The van der Waals surface area contributed by atoms with Crippen LogP contribution in [0.5, 0.6) is 0 Å². The molecule has 148 valence electrons. The van der Waals surface area contributed by atoms with Crippen molar-refractivity contribution in [2.75, 3.05) is 16.8 Å². The van der Waals surface area contributed by atoms with Crippen molar-refractivity contribution < 1.29 is 9.59 Å². The lowest BCUT2D eigenvalue weighted by Gasteiger charge is -2.19. The van der Waals surface area contributed by atoms with Gasteiger partial charge in [-0.25, -0.2) is 4.68 Å². The Morgan fingerprint density at radius 1 is 1.00 bits per heavy atom. The Labute approximate surface area is 172 Å². The molecule has 3 aromatic carbocycles. The zero-order valence-electron chi connectivity index (χ0n) is 16.0. The first kappa shape index (κ1) is 18.0. The number of nitrogens with one attached hydrogen (secondary N) is 1. The molecule has 4 aromatic rings. The van der Waals surface area contributed by atoms with Crippen molar-refractivity contribution in [1.82, 2.24) is 20.2 Å². The molecule has 30 heavy (non-hydrogen) atoms. The summed E-state index contributed by atoms with van der Waals surface area (Å²) in [5.74, 6) is -0.613. The van der Waals surface area contributed by atoms with Gasteiger partial charge in [0, 0.05) is 24.0 Å². The van der Waals surface area contributed by atoms with Gasteiger partial charge in [-0.15, -0.1) is 5.10 Å². The number of fused-ring (bicyclic) bond motifs is 1. The van der Waals surface area contributed by atoms with Gasteiger partial charge in [0.05, 0.1) is 17.3 Å². The van der Waals surface area contributed by atoms with Crippen molar-refractivity contribution >= 4 is 34.0 Å². The quantitative estimate of drug-likeness (QED) is 0.571. The Balaban J connectivity index is 1.31. The van der Waals surface area contributed by atoms with Gasteiger partial charge >= 0.3 is 0 Å². The summed E-state index contributed by atoms with van der Waals surface area (Å²) in [6, 6.07) is 21.0. The molecule has 5 rings (SSSR count). The minimum Gasteiger partial charge on any atom is -0.326 e. The molecule has 8 heteroatoms. The number of anilines is 2. The number of hydrogen-bond donors (Lipinski definition) is 1. The molecule has 2 heterocycles. The summed E-state index contributed by atoms with van der Waals surface area (Å²) in [7, 11) is 0. The molecule has 0 unspecified atom stereocenters. The van der Waals surface area contributed by atoms with E-state index in [2.05, 4.69) is 20.8 Å². The molecule has 1 N–H and O–H groups in total. The Kier molecular flexibility index (Phi) is 4.44. The van der Waals surface area contributed by atoms with E-state index in [-0.39, 0.29) is 18.2 Å². The molecule has 1 aliphatic heterocycles. The lowest BCUT2D eigenvalue weighted by Crippen LogP contribution is -2.28. The SMILES string of the molecule is O=C(Nc1ccc(-n2cnnn2)cc1)[C@H]1CC(=O)N(c2cccc3ccccc23)C1. The van der Waals surface area contributed by atoms with Crippen LogP contribution in [0.4, 0.5) is 11.4 Å². The molecule has 1 fully saturated rings. The van der Waals surface area contributed by atoms with E-state index < -0.39 is 5.92 Å². The third kappa shape index (κ3) is 3.28. The highest BCUT2D eigenvalue weighted by Crippen LogP contribution is 2.32. The van der Waals surface area contributed by atoms with Crippen LogP contribution in [0.2, 0.25) is 0 Å². The molecule has 0 saturated carbocycles. The van der Waals surface area contributed by atoms with Crippen molar-refractivity contribution in [1.29, 1.82) is 0 Å². The highest BCUT2D eigenvalue weighted by atomic mass is 16.2. The minimum atomic E-state index is -0.407. The number of nitrogens with zero attached hydrogens (tertiary/aromatic N) is 5. The fraction of sp³-hybridized carbons (Fsp3) is 0.136. The minimum absolute atomic E-state index is 0.0412. The van der Waals surface area contributed by atoms with Crippen molar-refractivity contribution in [2.45, 2.75) is 6.42 Å². The fourth-order valence-corrected chi connectivity index (χ4v) is 3.78. The molecule has 8 nitrogen and oxygen atoms in total. The molecule has 0 aliphatic carbocycles. The first-order valence-corrected chi connectivity index (χ1v) is 9.61. The molecule has 1 atom stereocenters. The topological polar surface area (TPSA) is 93.0 Å². The first-order chi connectivity index (χ1) is 14.7. The third-order valence-electron chi connectivity index (χ3n) is 5.30. The maximum atomic E-state index is 12.8. The van der Waals surface area contributed by atoms with Crippen LogP contribution >= 0.6 is 0 Å². The third-order valence-corrected chi connectivity index (χ3v) is 5.30. The van der Waals surface area contributed by atoms with E-state index in [4.69, 9.17) is 0 Å². The summed E-state index contributed by atoms with van der Waals surface area (Å²) in [6.45, 7) is 0.362.